The number of amidine groups is 1. The quantitative estimate of drug-likeness (QED) is 0.254. The first-order chi connectivity index (χ1) is 18.3. The summed E-state index contributed by atoms with van der Waals surface area (Å²) in [5, 5.41) is 12.7. The van der Waals surface area contributed by atoms with E-state index in [2.05, 4.69) is 102 Å². The highest BCUT2D eigenvalue weighted by atomic mass is 32.2. The number of rotatable bonds is 3. The first-order valence-corrected chi connectivity index (χ1v) is 13.1. The number of fused-ring (bicyclic) bond motifs is 4. The Labute approximate surface area is 220 Å². The molecule has 2 aliphatic rings. The molecule has 0 amide bonds. The lowest BCUT2D eigenvalue weighted by molar-refractivity contribution is 0.899. The van der Waals surface area contributed by atoms with Crippen LogP contribution in [0.15, 0.2) is 131 Å². The van der Waals surface area contributed by atoms with Gasteiger partial charge in [0.25, 0.3) is 0 Å². The summed E-state index contributed by atoms with van der Waals surface area (Å²) in [5.41, 5.74) is 7.62. The van der Waals surface area contributed by atoms with Gasteiger partial charge in [0.1, 0.15) is 0 Å². The molecule has 3 nitrogen and oxygen atoms in total. The topological polar surface area (TPSA) is 39.4 Å². The minimum atomic E-state index is -0.0357. The van der Waals surface area contributed by atoms with Crippen molar-refractivity contribution in [2.75, 3.05) is 4.90 Å². The molecule has 0 N–H and O–H groups in total. The molecule has 0 radical (unpaired) electrons. The molecule has 5 aromatic rings. The highest BCUT2D eigenvalue weighted by Crippen LogP contribution is 2.49. The lowest BCUT2D eigenvalue weighted by Crippen LogP contribution is -2.27. The minimum Gasteiger partial charge on any atom is -0.288 e. The molecule has 5 aromatic carbocycles. The zero-order valence-electron chi connectivity index (χ0n) is 19.9. The van der Waals surface area contributed by atoms with Crippen molar-refractivity contribution in [3.63, 3.8) is 0 Å². The Hall–Kier alpha value is -4.59. The fourth-order valence-corrected chi connectivity index (χ4v) is 6.30. The lowest BCUT2D eigenvalue weighted by Gasteiger charge is -2.29. The second-order valence-corrected chi connectivity index (χ2v) is 10.1. The Kier molecular flexibility index (Phi) is 5.16. The maximum Gasteiger partial charge on any atom is 0.174 e. The van der Waals surface area contributed by atoms with E-state index in [1.54, 1.807) is 11.8 Å². The molecule has 1 unspecified atom stereocenters. The number of benzene rings is 5. The van der Waals surface area contributed by atoms with Crippen LogP contribution in [0.2, 0.25) is 0 Å². The fraction of sp³-hybridized carbons (Fsp3) is 0.0303. The normalized spacial score (nSPS) is 16.0. The van der Waals surface area contributed by atoms with Crippen LogP contribution in [0.4, 0.5) is 5.69 Å². The van der Waals surface area contributed by atoms with Crippen LogP contribution < -0.4 is 4.90 Å². The summed E-state index contributed by atoms with van der Waals surface area (Å²) in [6, 6.07) is 42.1. The summed E-state index contributed by atoms with van der Waals surface area (Å²) in [7, 11) is 0. The van der Waals surface area contributed by atoms with E-state index >= 15 is 0 Å². The number of thioether (sulfide) groups is 1. The molecule has 0 saturated heterocycles. The zero-order chi connectivity index (χ0) is 24.8. The summed E-state index contributed by atoms with van der Waals surface area (Å²) in [4.78, 5) is 8.64. The molecular weight excluding hydrogens is 470 g/mol. The molecule has 0 fully saturated rings. The predicted octanol–water partition coefficient (Wildman–Crippen LogP) is 8.44. The standard InChI is InChI=1S/C33H21N3S/c34-21-25-15-17-27(28-14-8-7-13-26(25)28)24-16-18-30-32(19-24)37-33-35-29(22-9-3-1-4-10-22)20-31(36(30)33)23-11-5-2-6-12-23/h1-20,29H. The second kappa shape index (κ2) is 8.81. The van der Waals surface area contributed by atoms with Crippen molar-refractivity contribution in [2.45, 2.75) is 10.9 Å². The van der Waals surface area contributed by atoms with Crippen LogP contribution in [0.3, 0.4) is 0 Å². The molecular formula is C33H21N3S. The van der Waals surface area contributed by atoms with Crippen LogP contribution in [-0.4, -0.2) is 5.17 Å². The second-order valence-electron chi connectivity index (χ2n) is 9.12. The molecule has 2 aliphatic heterocycles. The number of hydrogen-bond donors (Lipinski definition) is 0. The molecule has 0 aromatic heterocycles. The Morgan fingerprint density at radius 2 is 1.46 bits per heavy atom. The van der Waals surface area contributed by atoms with E-state index in [0.717, 1.165) is 38.5 Å². The number of nitrogens with zero attached hydrogens (tertiary/aromatic N) is 3. The molecule has 174 valence electrons. The first kappa shape index (κ1) is 21.7. The van der Waals surface area contributed by atoms with Crippen molar-refractivity contribution < 1.29 is 0 Å². The Morgan fingerprint density at radius 3 is 2.24 bits per heavy atom. The highest BCUT2D eigenvalue weighted by Gasteiger charge is 2.34. The summed E-state index contributed by atoms with van der Waals surface area (Å²) in [5.74, 6) is 0. The van der Waals surface area contributed by atoms with Crippen LogP contribution in [0, 0.1) is 11.3 Å². The molecule has 2 heterocycles. The molecule has 1 atom stereocenters. The SMILES string of the molecule is N#Cc1ccc(-c2ccc3c(c2)SC2=NC(c4ccccc4)C=C(c4ccccc4)N23)c2ccccc12. The van der Waals surface area contributed by atoms with Crippen LogP contribution in [0.1, 0.15) is 22.7 Å². The van der Waals surface area contributed by atoms with Gasteiger partial charge in [0.15, 0.2) is 5.17 Å². The van der Waals surface area contributed by atoms with Gasteiger partial charge in [-0.1, -0.05) is 97.1 Å². The van der Waals surface area contributed by atoms with Crippen molar-refractivity contribution in [3.05, 3.63) is 138 Å². The monoisotopic (exact) mass is 491 g/mol. The van der Waals surface area contributed by atoms with E-state index in [-0.39, 0.29) is 6.04 Å². The van der Waals surface area contributed by atoms with Gasteiger partial charge in [-0.2, -0.15) is 5.26 Å². The molecule has 7 rings (SSSR count). The predicted molar refractivity (Wildman–Crippen MR) is 153 cm³/mol. The third kappa shape index (κ3) is 3.64. The average Bonchev–Trinajstić information content (AvgIpc) is 3.35. The van der Waals surface area contributed by atoms with Crippen molar-refractivity contribution in [3.8, 4) is 17.2 Å². The molecule has 0 saturated carbocycles. The summed E-state index contributed by atoms with van der Waals surface area (Å²) in [6.45, 7) is 0. The van der Waals surface area contributed by atoms with E-state index in [9.17, 15) is 5.26 Å². The minimum absolute atomic E-state index is 0.0357. The lowest BCUT2D eigenvalue weighted by atomic mass is 9.95. The van der Waals surface area contributed by atoms with E-state index in [4.69, 9.17) is 4.99 Å². The van der Waals surface area contributed by atoms with Crippen molar-refractivity contribution >= 4 is 39.1 Å². The third-order valence-electron chi connectivity index (χ3n) is 6.97. The van der Waals surface area contributed by atoms with Crippen LogP contribution in [-0.2, 0) is 0 Å². The first-order valence-electron chi connectivity index (χ1n) is 12.2. The van der Waals surface area contributed by atoms with E-state index < -0.39 is 0 Å². The molecule has 0 bridgehead atoms. The van der Waals surface area contributed by atoms with Gasteiger partial charge in [0, 0.05) is 10.3 Å². The molecule has 4 heteroatoms. The summed E-state index contributed by atoms with van der Waals surface area (Å²) in [6.07, 6.45) is 2.27. The van der Waals surface area contributed by atoms with Gasteiger partial charge >= 0.3 is 0 Å². The van der Waals surface area contributed by atoms with Gasteiger partial charge in [-0.3, -0.25) is 4.90 Å². The van der Waals surface area contributed by atoms with E-state index in [0.29, 0.717) is 5.56 Å². The van der Waals surface area contributed by atoms with Gasteiger partial charge in [-0.25, -0.2) is 4.99 Å². The van der Waals surface area contributed by atoms with Crippen LogP contribution >= 0.6 is 11.8 Å². The number of hydrogen-bond acceptors (Lipinski definition) is 4. The van der Waals surface area contributed by atoms with Gasteiger partial charge in [-0.05, 0) is 63.7 Å². The van der Waals surface area contributed by atoms with E-state index in [1.165, 1.54) is 16.0 Å². The van der Waals surface area contributed by atoms with Gasteiger partial charge in [0.2, 0.25) is 0 Å². The van der Waals surface area contributed by atoms with Gasteiger partial charge in [0.05, 0.1) is 29.1 Å². The van der Waals surface area contributed by atoms with Crippen LogP contribution in [0.25, 0.3) is 27.6 Å². The highest BCUT2D eigenvalue weighted by molar-refractivity contribution is 8.14. The average molecular weight is 492 g/mol. The number of nitriles is 1. The Balaban J connectivity index is 1.36. The molecule has 0 aliphatic carbocycles. The smallest absolute Gasteiger partial charge is 0.174 e. The van der Waals surface area contributed by atoms with Crippen molar-refractivity contribution in [1.29, 1.82) is 5.26 Å². The summed E-state index contributed by atoms with van der Waals surface area (Å²) >= 11 is 1.72. The fourth-order valence-electron chi connectivity index (χ4n) is 5.20. The van der Waals surface area contributed by atoms with Gasteiger partial charge in [-0.15, -0.1) is 0 Å². The number of anilines is 1. The van der Waals surface area contributed by atoms with Crippen molar-refractivity contribution in [2.24, 2.45) is 4.99 Å². The zero-order valence-corrected chi connectivity index (χ0v) is 20.7. The van der Waals surface area contributed by atoms with Gasteiger partial charge < -0.3 is 0 Å². The maximum atomic E-state index is 9.59. The number of aliphatic imine (C=N–C) groups is 1. The maximum absolute atomic E-state index is 9.59. The Morgan fingerprint density at radius 1 is 0.730 bits per heavy atom. The van der Waals surface area contributed by atoms with E-state index in [1.807, 2.05) is 30.3 Å². The summed E-state index contributed by atoms with van der Waals surface area (Å²) < 4.78 is 0. The molecule has 0 spiro atoms. The third-order valence-corrected chi connectivity index (χ3v) is 7.98. The largest absolute Gasteiger partial charge is 0.288 e. The van der Waals surface area contributed by atoms with Crippen LogP contribution in [0.5, 0.6) is 0 Å². The molecule has 37 heavy (non-hydrogen) atoms. The Bertz CT molecular complexity index is 1760. The van der Waals surface area contributed by atoms with Crippen molar-refractivity contribution in [1.82, 2.24) is 0 Å².